The van der Waals surface area contributed by atoms with Gasteiger partial charge in [0.25, 0.3) is 0 Å². The molecule has 0 fully saturated rings. The summed E-state index contributed by atoms with van der Waals surface area (Å²) in [6.45, 7) is 7.55. The predicted molar refractivity (Wildman–Crippen MR) is 103 cm³/mol. The first-order chi connectivity index (χ1) is 9.86. The molecule has 1 unspecified atom stereocenters. The van der Waals surface area contributed by atoms with Crippen LogP contribution in [-0.4, -0.2) is 33.2 Å². The topological polar surface area (TPSA) is 70.6 Å². The van der Waals surface area contributed by atoms with Crippen LogP contribution in [0.25, 0.3) is 0 Å². The van der Waals surface area contributed by atoms with Crippen molar-refractivity contribution in [2.45, 2.75) is 44.7 Å². The maximum absolute atomic E-state index is 11.4. The second kappa shape index (κ2) is 10.0. The molecule has 1 rings (SSSR count). The molecule has 0 spiro atoms. The number of sulfone groups is 1. The van der Waals surface area contributed by atoms with Crippen LogP contribution in [0.3, 0.4) is 0 Å². The van der Waals surface area contributed by atoms with Gasteiger partial charge in [0.1, 0.15) is 0 Å². The first-order valence-corrected chi connectivity index (χ1v) is 9.09. The molecule has 0 aliphatic heterocycles. The smallest absolute Gasteiger partial charge is 0.191 e. The summed E-state index contributed by atoms with van der Waals surface area (Å²) < 4.78 is 22.8. The molecule has 1 aromatic carbocycles. The van der Waals surface area contributed by atoms with Crippen molar-refractivity contribution in [1.29, 1.82) is 0 Å². The van der Waals surface area contributed by atoms with E-state index in [0.29, 0.717) is 17.5 Å². The third-order valence-corrected chi connectivity index (χ3v) is 4.24. The van der Waals surface area contributed by atoms with Gasteiger partial charge in [0, 0.05) is 18.8 Å². The molecule has 0 amide bonds. The Morgan fingerprint density at radius 3 is 2.27 bits per heavy atom. The molecule has 0 saturated heterocycles. The van der Waals surface area contributed by atoms with Crippen LogP contribution in [0.5, 0.6) is 0 Å². The van der Waals surface area contributed by atoms with Crippen molar-refractivity contribution in [3.63, 3.8) is 0 Å². The summed E-state index contributed by atoms with van der Waals surface area (Å²) in [4.78, 5) is 4.84. The van der Waals surface area contributed by atoms with Crippen LogP contribution in [0, 0.1) is 0 Å². The zero-order valence-corrected chi connectivity index (χ0v) is 16.7. The first-order valence-electron chi connectivity index (χ1n) is 7.20. The molecule has 0 bridgehead atoms. The van der Waals surface area contributed by atoms with Crippen molar-refractivity contribution < 1.29 is 8.42 Å². The Bertz CT molecular complexity index is 571. The van der Waals surface area contributed by atoms with Crippen molar-refractivity contribution in [3.8, 4) is 0 Å². The second-order valence-corrected chi connectivity index (χ2v) is 7.08. The summed E-state index contributed by atoms with van der Waals surface area (Å²) in [5.41, 5.74) is 0.976. The molecule has 0 radical (unpaired) electrons. The number of hydrogen-bond donors (Lipinski definition) is 2. The average molecular weight is 439 g/mol. The van der Waals surface area contributed by atoms with E-state index in [1.807, 2.05) is 6.92 Å². The third kappa shape index (κ3) is 7.44. The molecule has 5 nitrogen and oxygen atoms in total. The maximum Gasteiger partial charge on any atom is 0.191 e. The monoisotopic (exact) mass is 439 g/mol. The summed E-state index contributed by atoms with van der Waals surface area (Å²) in [7, 11) is -3.14. The van der Waals surface area contributed by atoms with Gasteiger partial charge in [-0.2, -0.15) is 0 Å². The highest BCUT2D eigenvalue weighted by Gasteiger charge is 2.06. The van der Waals surface area contributed by atoms with Crippen LogP contribution in [0.4, 0.5) is 0 Å². The lowest BCUT2D eigenvalue weighted by atomic mass is 10.2. The van der Waals surface area contributed by atoms with Crippen LogP contribution in [0.1, 0.15) is 32.8 Å². The average Bonchev–Trinajstić information content (AvgIpc) is 2.44. The maximum atomic E-state index is 11.4. The second-order valence-electron chi connectivity index (χ2n) is 5.06. The van der Waals surface area contributed by atoms with Crippen LogP contribution in [-0.2, 0) is 16.4 Å². The van der Waals surface area contributed by atoms with Crippen LogP contribution in [0.15, 0.2) is 34.2 Å². The van der Waals surface area contributed by atoms with Gasteiger partial charge in [0.2, 0.25) is 0 Å². The van der Waals surface area contributed by atoms with E-state index < -0.39 is 9.84 Å². The summed E-state index contributed by atoms with van der Waals surface area (Å²) in [5, 5.41) is 6.51. The molecule has 126 valence electrons. The number of benzene rings is 1. The Balaban J connectivity index is 0.00000441. The number of nitrogens with zero attached hydrogens (tertiary/aromatic N) is 1. The van der Waals surface area contributed by atoms with Gasteiger partial charge in [0.05, 0.1) is 11.4 Å². The van der Waals surface area contributed by atoms with E-state index in [1.165, 1.54) is 6.26 Å². The van der Waals surface area contributed by atoms with Gasteiger partial charge < -0.3 is 10.6 Å². The van der Waals surface area contributed by atoms with E-state index in [-0.39, 0.29) is 24.0 Å². The van der Waals surface area contributed by atoms with Crippen molar-refractivity contribution in [2.24, 2.45) is 4.99 Å². The summed E-state index contributed by atoms with van der Waals surface area (Å²) in [6, 6.07) is 7.19. The van der Waals surface area contributed by atoms with Gasteiger partial charge in [-0.25, -0.2) is 13.4 Å². The lowest BCUT2D eigenvalue weighted by Crippen LogP contribution is -2.41. The van der Waals surface area contributed by atoms with Crippen LogP contribution >= 0.6 is 24.0 Å². The molecule has 22 heavy (non-hydrogen) atoms. The number of halogens is 1. The summed E-state index contributed by atoms with van der Waals surface area (Å²) >= 11 is 0. The van der Waals surface area contributed by atoms with E-state index in [4.69, 9.17) is 0 Å². The highest BCUT2D eigenvalue weighted by molar-refractivity contribution is 14.0. The fourth-order valence-electron chi connectivity index (χ4n) is 1.67. The molecular weight excluding hydrogens is 413 g/mol. The Labute approximate surface area is 150 Å². The molecular formula is C15H26IN3O2S. The quantitative estimate of drug-likeness (QED) is 0.406. The number of nitrogens with one attached hydrogen (secondary N) is 2. The van der Waals surface area contributed by atoms with Gasteiger partial charge in [-0.1, -0.05) is 19.1 Å². The van der Waals surface area contributed by atoms with E-state index in [0.717, 1.165) is 24.5 Å². The molecule has 0 saturated carbocycles. The molecule has 2 N–H and O–H groups in total. The molecule has 0 heterocycles. The summed E-state index contributed by atoms with van der Waals surface area (Å²) in [6.07, 6.45) is 2.23. The van der Waals surface area contributed by atoms with Gasteiger partial charge in [-0.3, -0.25) is 0 Å². The van der Waals surface area contributed by atoms with E-state index in [9.17, 15) is 8.42 Å². The van der Waals surface area contributed by atoms with Crippen molar-refractivity contribution >= 4 is 39.8 Å². The van der Waals surface area contributed by atoms with E-state index in [2.05, 4.69) is 29.5 Å². The largest absolute Gasteiger partial charge is 0.357 e. The Kier molecular flexibility index (Phi) is 9.66. The highest BCUT2D eigenvalue weighted by Crippen LogP contribution is 2.10. The minimum absolute atomic E-state index is 0. The Morgan fingerprint density at radius 1 is 1.23 bits per heavy atom. The van der Waals surface area contributed by atoms with Gasteiger partial charge in [-0.05, 0) is 38.0 Å². The highest BCUT2D eigenvalue weighted by atomic mass is 127. The standard InChI is InChI=1S/C15H25N3O2S.HI/c1-5-12(3)18-15(16-6-2)17-11-13-7-9-14(10-8-13)21(4,19)20;/h7-10,12H,5-6,11H2,1-4H3,(H2,16,17,18);1H. The number of aliphatic imine (C=N–C) groups is 1. The molecule has 0 aliphatic carbocycles. The van der Waals surface area contributed by atoms with Gasteiger partial charge >= 0.3 is 0 Å². The van der Waals surface area contributed by atoms with E-state index in [1.54, 1.807) is 24.3 Å². The Morgan fingerprint density at radius 2 is 1.82 bits per heavy atom. The fourth-order valence-corrected chi connectivity index (χ4v) is 2.30. The SMILES string of the molecule is CCNC(=NCc1ccc(S(C)(=O)=O)cc1)NC(C)CC.I. The minimum Gasteiger partial charge on any atom is -0.357 e. The van der Waals surface area contributed by atoms with Crippen LogP contribution < -0.4 is 10.6 Å². The molecule has 1 aromatic rings. The number of guanidine groups is 1. The van der Waals surface area contributed by atoms with Crippen molar-refractivity contribution in [2.75, 3.05) is 12.8 Å². The zero-order valence-electron chi connectivity index (χ0n) is 13.6. The molecule has 0 aromatic heterocycles. The van der Waals surface area contributed by atoms with Crippen molar-refractivity contribution in [1.82, 2.24) is 10.6 Å². The fraction of sp³-hybridized carbons (Fsp3) is 0.533. The first kappa shape index (κ1) is 21.2. The third-order valence-electron chi connectivity index (χ3n) is 3.11. The lowest BCUT2D eigenvalue weighted by molar-refractivity contribution is 0.602. The molecule has 0 aliphatic rings. The minimum atomic E-state index is -3.14. The van der Waals surface area contributed by atoms with Crippen LogP contribution in [0.2, 0.25) is 0 Å². The predicted octanol–water partition coefficient (Wildman–Crippen LogP) is 2.56. The zero-order chi connectivity index (χ0) is 15.9. The van der Waals surface area contributed by atoms with Gasteiger partial charge in [-0.15, -0.1) is 24.0 Å². The number of rotatable bonds is 6. The summed E-state index contributed by atoms with van der Waals surface area (Å²) in [5.74, 6) is 0.777. The Hall–Kier alpha value is -0.830. The number of hydrogen-bond acceptors (Lipinski definition) is 3. The molecule has 7 heteroatoms. The molecule has 1 atom stereocenters. The van der Waals surface area contributed by atoms with E-state index >= 15 is 0 Å². The normalized spacial score (nSPS) is 13.2. The van der Waals surface area contributed by atoms with Gasteiger partial charge in [0.15, 0.2) is 15.8 Å². The van der Waals surface area contributed by atoms with Crippen molar-refractivity contribution in [3.05, 3.63) is 29.8 Å². The lowest BCUT2D eigenvalue weighted by Gasteiger charge is -2.16.